The van der Waals surface area contributed by atoms with Crippen LogP contribution < -0.4 is 36.6 Å². The molecule has 0 bridgehead atoms. The number of anilines is 6. The van der Waals surface area contributed by atoms with Gasteiger partial charge in [0.1, 0.15) is 15.9 Å². The standard InChI is InChI=1S/C17H11Cl4N3O2.C15H13Cl2NO3.C13H9Cl3N2O2.2C13H10Cl2N2O2.C12H9Cl2NO3/c1-8-12(19)5-14(16(25)15(8)21)23-17(26)9-6-22-24(7-9)10-2-3-11(18)13(20)4-10;1-8-3-5-9(6-4-8)15(20)18-11-7-10(16)14(21-2)12(17)13(11)19;1-6-8(14)4-9(12(19)11(6)16)18-13(20)7-2-3-10(15)17-5-7;1-7-9(14)6-10(12(18)11(7)15)17-13(19)8-2-4-16-5-3-8;1-7-8(14)6-10(12(18)11(7)15)17-13(19)9-4-2-3-5-16-9;1-6-7(13)5-8(11(16)10(6)14)15-12(17)9-3-2-4-18-9/h2-7,25H,1H3,(H,23,26);3-7,19H,1-2H3,(H,18,20);2-5,19H,1H3,(H,18,20);2*2-6,18H,1H3,(H,17,19);2-5,16H,1H3,(H,15,17). The number of halogens is 15. The molecule has 0 fully saturated rings. The van der Waals surface area contributed by atoms with Crippen LogP contribution in [0.1, 0.15) is 95.9 Å². The van der Waals surface area contributed by atoms with Crippen molar-refractivity contribution in [3.63, 3.8) is 0 Å². The number of hydrogen-bond acceptors (Lipinski definition) is 18. The molecule has 40 heteroatoms. The summed E-state index contributed by atoms with van der Waals surface area (Å²) in [7, 11) is 1.39. The van der Waals surface area contributed by atoms with E-state index in [4.69, 9.17) is 183 Å². The highest BCUT2D eigenvalue weighted by molar-refractivity contribution is 6.43. The number of rotatable bonds is 14. The number of nitrogens with zero attached hydrogens (tertiary/aromatic N) is 5. The van der Waals surface area contributed by atoms with Gasteiger partial charge in [0.25, 0.3) is 35.4 Å². The highest BCUT2D eigenvalue weighted by Gasteiger charge is 2.24. The van der Waals surface area contributed by atoms with Crippen molar-refractivity contribution in [3.05, 3.63) is 319 Å². The average Bonchev–Trinajstić information content (AvgIpc) is 1.68. The van der Waals surface area contributed by atoms with Crippen molar-refractivity contribution in [1.82, 2.24) is 24.7 Å². The Morgan fingerprint density at radius 2 is 0.748 bits per heavy atom. The van der Waals surface area contributed by atoms with Crippen molar-refractivity contribution >= 4 is 244 Å². The van der Waals surface area contributed by atoms with E-state index in [1.54, 1.807) is 101 Å². The first-order valence-corrected chi connectivity index (χ1v) is 40.3. The number of methoxy groups -OCH3 is 1. The Bertz CT molecular complexity index is 6010. The van der Waals surface area contributed by atoms with Crippen molar-refractivity contribution in [2.24, 2.45) is 0 Å². The number of pyridine rings is 3. The van der Waals surface area contributed by atoms with Crippen molar-refractivity contribution in [2.45, 2.75) is 41.5 Å². The van der Waals surface area contributed by atoms with Crippen LogP contribution in [0.3, 0.4) is 0 Å². The van der Waals surface area contributed by atoms with Gasteiger partial charge in [-0.15, -0.1) is 0 Å². The van der Waals surface area contributed by atoms with Gasteiger partial charge in [-0.1, -0.05) is 198 Å². The number of carbonyl (C=O) groups is 6. The van der Waals surface area contributed by atoms with Crippen molar-refractivity contribution in [2.75, 3.05) is 39.0 Å². The molecule has 5 heterocycles. The average molecular weight is 1970 g/mol. The molecule has 13 aromatic rings. The lowest BCUT2D eigenvalue weighted by Gasteiger charge is -2.13. The summed E-state index contributed by atoms with van der Waals surface area (Å²) < 4.78 is 11.4. The molecule has 0 aliphatic heterocycles. The zero-order valence-electron chi connectivity index (χ0n) is 64.1. The minimum Gasteiger partial charge on any atom is -0.504 e. The fraction of sp³-hybridized carbons (Fsp3) is 0.0843. The van der Waals surface area contributed by atoms with Crippen LogP contribution in [-0.4, -0.2) is 97.9 Å². The lowest BCUT2D eigenvalue weighted by Crippen LogP contribution is -2.13. The second kappa shape index (κ2) is 44.7. The predicted octanol–water partition coefficient (Wildman–Crippen LogP) is 25.5. The number of hydrogen-bond donors (Lipinski definition) is 12. The lowest BCUT2D eigenvalue weighted by molar-refractivity contribution is 0.0991. The molecule has 0 aliphatic rings. The lowest BCUT2D eigenvalue weighted by atomic mass is 10.1. The van der Waals surface area contributed by atoms with E-state index in [9.17, 15) is 59.4 Å². The van der Waals surface area contributed by atoms with Gasteiger partial charge >= 0.3 is 0 Å². The fourth-order valence-electron chi connectivity index (χ4n) is 9.85. The van der Waals surface area contributed by atoms with E-state index in [1.165, 1.54) is 110 Å². The molecule has 5 aromatic heterocycles. The molecule has 0 saturated carbocycles. The zero-order chi connectivity index (χ0) is 90.7. The number of aryl methyl sites for hydroxylation is 1. The summed E-state index contributed by atoms with van der Waals surface area (Å²) in [5.41, 5.74) is 6.90. The first kappa shape index (κ1) is 97.9. The third-order valence-electron chi connectivity index (χ3n) is 16.9. The minimum absolute atomic E-state index is 0.0517. The molecule has 0 spiro atoms. The Balaban J connectivity index is 0.000000184. The molecule has 0 unspecified atom stereocenters. The molecule has 0 saturated heterocycles. The number of nitrogens with one attached hydrogen (secondary N) is 6. The maximum absolute atomic E-state index is 12.4. The van der Waals surface area contributed by atoms with Crippen LogP contribution in [0.2, 0.25) is 75.5 Å². The van der Waals surface area contributed by atoms with Crippen LogP contribution in [0.25, 0.3) is 5.69 Å². The monoisotopic (exact) mass is 1960 g/mol. The van der Waals surface area contributed by atoms with Gasteiger partial charge in [0, 0.05) is 67.2 Å². The second-order valence-electron chi connectivity index (χ2n) is 25.2. The predicted molar refractivity (Wildman–Crippen MR) is 488 cm³/mol. The highest BCUT2D eigenvalue weighted by Crippen LogP contribution is 2.47. The maximum Gasteiger partial charge on any atom is 0.291 e. The smallest absolute Gasteiger partial charge is 0.291 e. The number of aromatic nitrogens is 5. The van der Waals surface area contributed by atoms with Gasteiger partial charge < -0.3 is 71.7 Å². The van der Waals surface area contributed by atoms with Gasteiger partial charge in [0.2, 0.25) is 0 Å². The minimum atomic E-state index is -0.494. The molecule has 6 amide bonds. The third-order valence-corrected chi connectivity index (χ3v) is 22.7. The summed E-state index contributed by atoms with van der Waals surface area (Å²) in [6.45, 7) is 10.3. The number of amides is 6. The number of aromatic hydroxyl groups is 6. The molecular formula is C83H62Cl15N11O14. The summed E-state index contributed by atoms with van der Waals surface area (Å²) >= 11 is 89.0. The van der Waals surface area contributed by atoms with Crippen LogP contribution in [0.15, 0.2) is 181 Å². The van der Waals surface area contributed by atoms with Gasteiger partial charge in [-0.05, 0) is 185 Å². The van der Waals surface area contributed by atoms with Gasteiger partial charge in [-0.2, -0.15) is 5.10 Å². The normalized spacial score (nSPS) is 10.4. The first-order valence-electron chi connectivity index (χ1n) is 34.7. The van der Waals surface area contributed by atoms with Gasteiger partial charge in [-0.25, -0.2) is 9.67 Å². The quantitative estimate of drug-likeness (QED) is 0.0355. The van der Waals surface area contributed by atoms with E-state index in [0.717, 1.165) is 5.56 Å². The SMILES string of the molecule is COc1c(Cl)cc(NC(=O)c2ccc(C)cc2)c(O)c1Cl.Cc1c(Cl)cc(NC(=O)c2ccc(Cl)nc2)c(O)c1Cl.Cc1c(Cl)cc(NC(=O)c2ccccn2)c(O)c1Cl.Cc1c(Cl)cc(NC(=O)c2ccco2)c(O)c1Cl.Cc1c(Cl)cc(NC(=O)c2ccncc2)c(O)c1Cl.Cc1c(Cl)cc(NC(=O)c2cnn(-c3ccc(Cl)c(Cl)c3)c2)c(O)c1Cl. The number of phenols is 6. The molecule has 8 aromatic carbocycles. The van der Waals surface area contributed by atoms with E-state index in [1.807, 2.05) is 19.1 Å². The number of benzene rings is 8. The van der Waals surface area contributed by atoms with E-state index in [0.29, 0.717) is 85.4 Å². The van der Waals surface area contributed by atoms with Crippen LogP contribution in [0, 0.1) is 41.5 Å². The van der Waals surface area contributed by atoms with Crippen LogP contribution in [0.4, 0.5) is 34.1 Å². The number of phenolic OH excluding ortho intramolecular Hbond substituents is 6. The number of carbonyl (C=O) groups excluding carboxylic acids is 6. The van der Waals surface area contributed by atoms with Gasteiger partial charge in [0.05, 0.1) is 111 Å². The molecule has 638 valence electrons. The van der Waals surface area contributed by atoms with Crippen LogP contribution in [0.5, 0.6) is 40.2 Å². The zero-order valence-corrected chi connectivity index (χ0v) is 75.4. The summed E-state index contributed by atoms with van der Waals surface area (Å²) in [6.07, 6.45) is 10.1. The second-order valence-corrected chi connectivity index (χ2v) is 31.1. The fourth-order valence-corrected chi connectivity index (χ4v) is 13.1. The van der Waals surface area contributed by atoms with E-state index in [-0.39, 0.29) is 144 Å². The summed E-state index contributed by atoms with van der Waals surface area (Å²) in [4.78, 5) is 83.6. The van der Waals surface area contributed by atoms with Crippen molar-refractivity contribution < 1.29 is 68.6 Å². The number of ether oxygens (including phenoxy) is 1. The van der Waals surface area contributed by atoms with Gasteiger partial charge in [0.15, 0.2) is 46.0 Å². The van der Waals surface area contributed by atoms with E-state index in [2.05, 4.69) is 52.0 Å². The molecule has 0 radical (unpaired) electrons. The Morgan fingerprint density at radius 3 is 1.14 bits per heavy atom. The molecule has 0 atom stereocenters. The number of furan rings is 1. The maximum atomic E-state index is 12.4. The molecular weight excluding hydrogens is 1910 g/mol. The molecule has 0 aliphatic carbocycles. The van der Waals surface area contributed by atoms with Crippen molar-refractivity contribution in [1.29, 1.82) is 0 Å². The Morgan fingerprint density at radius 1 is 0.358 bits per heavy atom. The Hall–Kier alpha value is -10.5. The highest BCUT2D eigenvalue weighted by atomic mass is 35.5. The molecule has 12 N–H and O–H groups in total. The largest absolute Gasteiger partial charge is 0.504 e. The molecule has 25 nitrogen and oxygen atoms in total. The van der Waals surface area contributed by atoms with Crippen LogP contribution in [-0.2, 0) is 0 Å². The van der Waals surface area contributed by atoms with Crippen LogP contribution >= 0.6 is 174 Å². The van der Waals surface area contributed by atoms with Crippen molar-refractivity contribution in [3.8, 4) is 45.9 Å². The summed E-state index contributed by atoms with van der Waals surface area (Å²) in [6, 6.07) is 34.7. The molecule has 123 heavy (non-hydrogen) atoms. The first-order chi connectivity index (χ1) is 58.1. The van der Waals surface area contributed by atoms with E-state index >= 15 is 0 Å². The van der Waals surface area contributed by atoms with Gasteiger partial charge in [-0.3, -0.25) is 38.7 Å². The third kappa shape index (κ3) is 25.6. The molecule has 13 rings (SSSR count). The topological polar surface area (TPSA) is 375 Å². The summed E-state index contributed by atoms with van der Waals surface area (Å²) in [5.74, 6) is -3.78. The Labute approximate surface area is 776 Å². The summed E-state index contributed by atoms with van der Waals surface area (Å²) in [5, 5.41) is 82.4. The Kier molecular flexibility index (Phi) is 35.6. The van der Waals surface area contributed by atoms with E-state index < -0.39 is 23.6 Å².